The van der Waals surface area contributed by atoms with Crippen molar-refractivity contribution in [1.82, 2.24) is 4.90 Å². The Morgan fingerprint density at radius 3 is 2.61 bits per heavy atom. The van der Waals surface area contributed by atoms with Crippen LogP contribution in [0.3, 0.4) is 0 Å². The van der Waals surface area contributed by atoms with Crippen molar-refractivity contribution in [1.29, 1.82) is 0 Å². The fourth-order valence-corrected chi connectivity index (χ4v) is 2.83. The minimum Gasteiger partial charge on any atom is -0.492 e. The predicted octanol–water partition coefficient (Wildman–Crippen LogP) is 2.99. The topological polar surface area (TPSA) is 55.6 Å². The number of carbonyl (C=O) groups is 1. The van der Waals surface area contributed by atoms with Crippen LogP contribution in [0.4, 0.5) is 4.39 Å². The van der Waals surface area contributed by atoms with Gasteiger partial charge in [0.25, 0.3) is 0 Å². The molecule has 0 bridgehead atoms. The zero-order chi connectivity index (χ0) is 15.9. The molecule has 1 fully saturated rings. The van der Waals surface area contributed by atoms with E-state index in [1.54, 1.807) is 24.1 Å². The molecule has 0 aliphatic heterocycles. The molecular formula is C17H26ClFN2O2. The Bertz CT molecular complexity index is 484. The van der Waals surface area contributed by atoms with Crippen LogP contribution in [0.1, 0.15) is 32.1 Å². The van der Waals surface area contributed by atoms with E-state index < -0.39 is 0 Å². The molecule has 1 aromatic rings. The maximum atomic E-state index is 12.8. The molecule has 2 atom stereocenters. The summed E-state index contributed by atoms with van der Waals surface area (Å²) in [6.07, 6.45) is 4.94. The number of hydrogen-bond acceptors (Lipinski definition) is 3. The van der Waals surface area contributed by atoms with E-state index in [2.05, 4.69) is 0 Å². The molecule has 0 radical (unpaired) electrons. The third-order valence-corrected chi connectivity index (χ3v) is 4.34. The third kappa shape index (κ3) is 6.36. The number of hydrogen-bond donors (Lipinski definition) is 1. The van der Waals surface area contributed by atoms with Crippen LogP contribution in [0.15, 0.2) is 24.3 Å². The Hall–Kier alpha value is -1.33. The molecule has 1 amide bonds. The van der Waals surface area contributed by atoms with Crippen LogP contribution in [0, 0.1) is 11.7 Å². The standard InChI is InChI=1S/C17H25FN2O2.ClH/c1-20(10-11-22-15-8-6-14(18)7-9-15)17(21)12-13-4-2-3-5-16(13)19;/h6-9,13,16H,2-5,10-12,19H2,1H3;1H. The largest absolute Gasteiger partial charge is 0.492 e. The number of ether oxygens (including phenoxy) is 1. The molecule has 0 heterocycles. The number of nitrogens with two attached hydrogens (primary N) is 1. The summed E-state index contributed by atoms with van der Waals surface area (Å²) in [6, 6.07) is 6.03. The van der Waals surface area contributed by atoms with Crippen molar-refractivity contribution in [3.05, 3.63) is 30.1 Å². The molecule has 4 nitrogen and oxygen atoms in total. The van der Waals surface area contributed by atoms with E-state index in [9.17, 15) is 9.18 Å². The molecule has 0 spiro atoms. The maximum Gasteiger partial charge on any atom is 0.222 e. The quantitative estimate of drug-likeness (QED) is 0.863. The number of likely N-dealkylation sites (N-methyl/N-ethyl adjacent to an activating group) is 1. The van der Waals surface area contributed by atoms with Gasteiger partial charge in [-0.25, -0.2) is 4.39 Å². The van der Waals surface area contributed by atoms with E-state index in [0.29, 0.717) is 31.2 Å². The second kappa shape index (κ2) is 9.73. The van der Waals surface area contributed by atoms with Gasteiger partial charge in [0, 0.05) is 19.5 Å². The van der Waals surface area contributed by atoms with Crippen molar-refractivity contribution in [2.45, 2.75) is 38.1 Å². The summed E-state index contributed by atoms with van der Waals surface area (Å²) in [7, 11) is 1.78. The van der Waals surface area contributed by atoms with E-state index in [4.69, 9.17) is 10.5 Å². The van der Waals surface area contributed by atoms with Crippen LogP contribution < -0.4 is 10.5 Å². The molecule has 1 aromatic carbocycles. The van der Waals surface area contributed by atoms with Crippen molar-refractivity contribution in [2.24, 2.45) is 11.7 Å². The number of halogens is 2. The summed E-state index contributed by atoms with van der Waals surface area (Å²) in [5, 5.41) is 0. The van der Waals surface area contributed by atoms with Crippen LogP contribution in [-0.2, 0) is 4.79 Å². The van der Waals surface area contributed by atoms with Gasteiger partial charge in [-0.15, -0.1) is 12.4 Å². The van der Waals surface area contributed by atoms with Crippen molar-refractivity contribution in [2.75, 3.05) is 20.2 Å². The Kier molecular flexibility index (Phi) is 8.34. The highest BCUT2D eigenvalue weighted by Crippen LogP contribution is 2.26. The predicted molar refractivity (Wildman–Crippen MR) is 91.3 cm³/mol. The lowest BCUT2D eigenvalue weighted by molar-refractivity contribution is -0.131. The lowest BCUT2D eigenvalue weighted by Gasteiger charge is -2.29. The second-order valence-electron chi connectivity index (χ2n) is 6.03. The van der Waals surface area contributed by atoms with Gasteiger partial charge in [-0.2, -0.15) is 0 Å². The van der Waals surface area contributed by atoms with Gasteiger partial charge in [0.15, 0.2) is 0 Å². The minimum absolute atomic E-state index is 0. The smallest absolute Gasteiger partial charge is 0.222 e. The zero-order valence-corrected chi connectivity index (χ0v) is 14.4. The lowest BCUT2D eigenvalue weighted by atomic mass is 9.83. The molecule has 23 heavy (non-hydrogen) atoms. The van der Waals surface area contributed by atoms with Gasteiger partial charge in [-0.3, -0.25) is 4.79 Å². The Morgan fingerprint density at radius 1 is 1.30 bits per heavy atom. The van der Waals surface area contributed by atoms with Crippen molar-refractivity contribution >= 4 is 18.3 Å². The molecule has 1 aliphatic rings. The second-order valence-corrected chi connectivity index (χ2v) is 6.03. The molecule has 1 aliphatic carbocycles. The molecule has 6 heteroatoms. The summed E-state index contributed by atoms with van der Waals surface area (Å²) in [4.78, 5) is 13.9. The fourth-order valence-electron chi connectivity index (χ4n) is 2.83. The van der Waals surface area contributed by atoms with E-state index >= 15 is 0 Å². The Labute approximate surface area is 143 Å². The summed E-state index contributed by atoms with van der Waals surface area (Å²) in [6.45, 7) is 0.906. The molecule has 2 unspecified atom stereocenters. The molecule has 2 rings (SSSR count). The highest BCUT2D eigenvalue weighted by molar-refractivity contribution is 5.85. The Balaban J connectivity index is 0.00000264. The van der Waals surface area contributed by atoms with E-state index in [1.807, 2.05) is 0 Å². The van der Waals surface area contributed by atoms with Crippen LogP contribution in [0.25, 0.3) is 0 Å². The van der Waals surface area contributed by atoms with Crippen LogP contribution in [0.2, 0.25) is 0 Å². The highest BCUT2D eigenvalue weighted by Gasteiger charge is 2.25. The lowest BCUT2D eigenvalue weighted by Crippen LogP contribution is -2.38. The van der Waals surface area contributed by atoms with Gasteiger partial charge in [-0.1, -0.05) is 12.8 Å². The molecule has 130 valence electrons. The molecule has 0 saturated heterocycles. The first kappa shape index (κ1) is 19.7. The van der Waals surface area contributed by atoms with Crippen LogP contribution >= 0.6 is 12.4 Å². The Morgan fingerprint density at radius 2 is 1.96 bits per heavy atom. The van der Waals surface area contributed by atoms with Gasteiger partial charge in [0.1, 0.15) is 18.2 Å². The first-order valence-corrected chi connectivity index (χ1v) is 7.94. The van der Waals surface area contributed by atoms with Crippen molar-refractivity contribution in [3.63, 3.8) is 0 Å². The molecular weight excluding hydrogens is 319 g/mol. The van der Waals surface area contributed by atoms with E-state index in [0.717, 1.165) is 12.8 Å². The van der Waals surface area contributed by atoms with Gasteiger partial charge in [0.2, 0.25) is 5.91 Å². The summed E-state index contributed by atoms with van der Waals surface area (Å²) < 4.78 is 18.3. The van der Waals surface area contributed by atoms with Gasteiger partial charge < -0.3 is 15.4 Å². The molecule has 2 N–H and O–H groups in total. The van der Waals surface area contributed by atoms with Gasteiger partial charge >= 0.3 is 0 Å². The van der Waals surface area contributed by atoms with Crippen LogP contribution in [-0.4, -0.2) is 37.0 Å². The van der Waals surface area contributed by atoms with Gasteiger partial charge in [0.05, 0.1) is 6.54 Å². The van der Waals surface area contributed by atoms with E-state index in [1.165, 1.54) is 25.0 Å². The number of carbonyl (C=O) groups excluding carboxylic acids is 1. The molecule has 0 aromatic heterocycles. The summed E-state index contributed by atoms with van der Waals surface area (Å²) in [5.41, 5.74) is 6.09. The summed E-state index contributed by atoms with van der Waals surface area (Å²) >= 11 is 0. The summed E-state index contributed by atoms with van der Waals surface area (Å²) in [5.74, 6) is 0.742. The third-order valence-electron chi connectivity index (χ3n) is 4.34. The number of nitrogens with zero attached hydrogens (tertiary/aromatic N) is 1. The average molecular weight is 345 g/mol. The first-order valence-electron chi connectivity index (χ1n) is 7.94. The number of benzene rings is 1. The number of amides is 1. The van der Waals surface area contributed by atoms with E-state index in [-0.39, 0.29) is 30.2 Å². The minimum atomic E-state index is -0.288. The maximum absolute atomic E-state index is 12.8. The van der Waals surface area contributed by atoms with Crippen LogP contribution in [0.5, 0.6) is 5.75 Å². The molecule has 1 saturated carbocycles. The average Bonchev–Trinajstić information content (AvgIpc) is 2.51. The monoisotopic (exact) mass is 344 g/mol. The SMILES string of the molecule is CN(CCOc1ccc(F)cc1)C(=O)CC1CCCCC1N.Cl. The zero-order valence-electron chi connectivity index (χ0n) is 13.5. The van der Waals surface area contributed by atoms with Crippen molar-refractivity contribution < 1.29 is 13.9 Å². The van der Waals surface area contributed by atoms with Gasteiger partial charge in [-0.05, 0) is 43.0 Å². The highest BCUT2D eigenvalue weighted by atomic mass is 35.5. The first-order chi connectivity index (χ1) is 10.6. The fraction of sp³-hybridized carbons (Fsp3) is 0.588. The normalized spacial score (nSPS) is 20.5. The van der Waals surface area contributed by atoms with Crippen molar-refractivity contribution in [3.8, 4) is 5.75 Å². The number of rotatable bonds is 6.